The van der Waals surface area contributed by atoms with Crippen molar-refractivity contribution in [2.24, 2.45) is 0 Å². The molecule has 0 saturated carbocycles. The van der Waals surface area contributed by atoms with Crippen LogP contribution in [0.25, 0.3) is 0 Å². The molecule has 0 aliphatic rings. The maximum atomic E-state index is 11.8. The van der Waals surface area contributed by atoms with E-state index in [0.29, 0.717) is 11.4 Å². The molecule has 0 spiro atoms. The van der Waals surface area contributed by atoms with Crippen LogP contribution in [0.1, 0.15) is 5.56 Å². The average molecular weight is 394 g/mol. The molecule has 2 aromatic rings. The van der Waals surface area contributed by atoms with Crippen molar-refractivity contribution in [1.82, 2.24) is 0 Å². The van der Waals surface area contributed by atoms with Gasteiger partial charge in [-0.15, -0.1) is 20.7 Å². The van der Waals surface area contributed by atoms with Crippen LogP contribution in [-0.2, 0) is 14.0 Å². The first-order valence-corrected chi connectivity index (χ1v) is 9.33. The number of anilines is 2. The van der Waals surface area contributed by atoms with E-state index in [-0.39, 0.29) is 20.7 Å². The third-order valence-electron chi connectivity index (χ3n) is 2.70. The molecule has 0 heterocycles. The zero-order chi connectivity index (χ0) is 15.1. The van der Waals surface area contributed by atoms with Gasteiger partial charge in [0.1, 0.15) is 0 Å². The number of carbonyl (C=O) groups excluding carboxylic acids is 2. The molecule has 0 aliphatic heterocycles. The summed E-state index contributed by atoms with van der Waals surface area (Å²) in [6.07, 6.45) is 0. The highest BCUT2D eigenvalue weighted by atomic mass is 127. The molecule has 108 valence electrons. The second-order valence-corrected chi connectivity index (χ2v) is 6.14. The van der Waals surface area contributed by atoms with E-state index in [1.807, 2.05) is 18.2 Å². The number of halogens is 1. The lowest BCUT2D eigenvalue weighted by molar-refractivity contribution is -0.132. The standard InChI is InChI=1S/C16H15IN2O2/c1-17-11-12-7-9-14(10-8-12)19-16(21)15(20)18-13-5-3-2-4-6-13/h2-10H,1,11H2,(H,18,20)(H,19,21). The van der Waals surface area contributed by atoms with Crippen LogP contribution in [0.4, 0.5) is 11.4 Å². The number of hydrogen-bond acceptors (Lipinski definition) is 2. The van der Waals surface area contributed by atoms with Gasteiger partial charge in [-0.05, 0) is 29.8 Å². The van der Waals surface area contributed by atoms with E-state index in [4.69, 9.17) is 0 Å². The third-order valence-corrected chi connectivity index (χ3v) is 4.12. The minimum atomic E-state index is -0.686. The summed E-state index contributed by atoms with van der Waals surface area (Å²) in [5.41, 5.74) is 2.39. The normalized spacial score (nSPS) is 9.90. The van der Waals surface area contributed by atoms with Gasteiger partial charge in [0.25, 0.3) is 0 Å². The largest absolute Gasteiger partial charge is 0.318 e. The fraction of sp³-hybridized carbons (Fsp3) is 0.0625. The van der Waals surface area contributed by atoms with E-state index in [0.717, 1.165) is 4.43 Å². The van der Waals surface area contributed by atoms with Crippen molar-refractivity contribution >= 4 is 48.4 Å². The number of nitrogens with one attached hydrogen (secondary N) is 2. The van der Waals surface area contributed by atoms with Gasteiger partial charge in [0.2, 0.25) is 0 Å². The predicted molar refractivity (Wildman–Crippen MR) is 95.0 cm³/mol. The molecule has 21 heavy (non-hydrogen) atoms. The van der Waals surface area contributed by atoms with Crippen molar-refractivity contribution in [3.05, 3.63) is 60.2 Å². The first-order chi connectivity index (χ1) is 10.2. The predicted octanol–water partition coefficient (Wildman–Crippen LogP) is 3.17. The summed E-state index contributed by atoms with van der Waals surface area (Å²) in [6.45, 7) is 0. The van der Waals surface area contributed by atoms with Crippen LogP contribution in [0.2, 0.25) is 0 Å². The maximum Gasteiger partial charge on any atom is 0.314 e. The number of hydrogen-bond donors (Lipinski definition) is 2. The van der Waals surface area contributed by atoms with E-state index in [1.54, 1.807) is 36.4 Å². The Bertz CT molecular complexity index is 639. The Kier molecular flexibility index (Phi) is 5.62. The number of alkyl halides is 1. The summed E-state index contributed by atoms with van der Waals surface area (Å²) in [5.74, 6) is -1.37. The lowest BCUT2D eigenvalue weighted by atomic mass is 10.2. The van der Waals surface area contributed by atoms with Crippen molar-refractivity contribution in [1.29, 1.82) is 0 Å². The Morgan fingerprint density at radius 2 is 1.38 bits per heavy atom. The summed E-state index contributed by atoms with van der Waals surface area (Å²) in [6, 6.07) is 16.3. The molecule has 2 N–H and O–H groups in total. The monoisotopic (exact) mass is 394 g/mol. The molecular formula is C16H15IN2O2. The van der Waals surface area contributed by atoms with Crippen LogP contribution in [0.3, 0.4) is 0 Å². The Labute approximate surface area is 133 Å². The second kappa shape index (κ2) is 7.68. The Hall–Kier alpha value is -2.02. The van der Waals surface area contributed by atoms with Crippen molar-refractivity contribution in [3.63, 3.8) is 0 Å². The van der Waals surface area contributed by atoms with Crippen LogP contribution in [0.5, 0.6) is 0 Å². The van der Waals surface area contributed by atoms with E-state index < -0.39 is 11.8 Å². The summed E-state index contributed by atoms with van der Waals surface area (Å²) in [5, 5.41) is 5.11. The molecule has 0 fully saturated rings. The van der Waals surface area contributed by atoms with E-state index >= 15 is 0 Å². The summed E-state index contributed by atoms with van der Waals surface area (Å²) < 4.78 is 4.90. The zero-order valence-corrected chi connectivity index (χ0v) is 13.5. The van der Waals surface area contributed by atoms with Crippen LogP contribution in [0.15, 0.2) is 54.6 Å². The number of benzene rings is 2. The summed E-state index contributed by atoms with van der Waals surface area (Å²) in [4.78, 5) is 23.6. The van der Waals surface area contributed by atoms with Gasteiger partial charge in [-0.1, -0.05) is 34.8 Å². The molecule has 0 unspecified atom stereocenters. The topological polar surface area (TPSA) is 58.2 Å². The van der Waals surface area contributed by atoms with Gasteiger partial charge in [-0.2, -0.15) is 0 Å². The molecule has 5 heteroatoms. The van der Waals surface area contributed by atoms with E-state index in [2.05, 4.69) is 15.1 Å². The molecule has 0 aliphatic carbocycles. The van der Waals surface area contributed by atoms with Crippen LogP contribution in [-0.4, -0.2) is 16.3 Å². The first-order valence-electron chi connectivity index (χ1n) is 6.28. The molecule has 2 amide bonds. The van der Waals surface area contributed by atoms with Gasteiger partial charge >= 0.3 is 11.8 Å². The molecule has 0 radical (unpaired) electrons. The van der Waals surface area contributed by atoms with Gasteiger partial charge in [0.05, 0.1) is 0 Å². The SMILES string of the molecule is C=ICc1ccc(NC(=O)C(=O)Nc2ccccc2)cc1. The molecule has 2 aromatic carbocycles. The fourth-order valence-electron chi connectivity index (χ4n) is 1.68. The molecule has 4 nitrogen and oxygen atoms in total. The molecule has 0 bridgehead atoms. The number of carbonyl (C=O) groups is 2. The van der Waals surface area contributed by atoms with E-state index in [9.17, 15) is 9.59 Å². The fourth-order valence-corrected chi connectivity index (χ4v) is 2.81. The third kappa shape index (κ3) is 4.78. The molecular weight excluding hydrogens is 379 g/mol. The average Bonchev–Trinajstić information content (AvgIpc) is 2.50. The maximum absolute atomic E-state index is 11.8. The van der Waals surface area contributed by atoms with Crippen molar-refractivity contribution in [2.45, 2.75) is 4.43 Å². The minimum absolute atomic E-state index is 0.0394. The summed E-state index contributed by atoms with van der Waals surface area (Å²) >= 11 is -0.0394. The highest BCUT2D eigenvalue weighted by Crippen LogP contribution is 2.14. The Morgan fingerprint density at radius 1 is 0.857 bits per heavy atom. The number of para-hydroxylation sites is 1. The minimum Gasteiger partial charge on any atom is -0.318 e. The highest BCUT2D eigenvalue weighted by Gasteiger charge is 2.13. The van der Waals surface area contributed by atoms with Gasteiger partial charge in [0, 0.05) is 15.8 Å². The van der Waals surface area contributed by atoms with Crippen molar-refractivity contribution < 1.29 is 9.59 Å². The Morgan fingerprint density at radius 3 is 1.90 bits per heavy atom. The second-order valence-electron chi connectivity index (χ2n) is 4.29. The van der Waals surface area contributed by atoms with Crippen LogP contribution < -0.4 is 10.6 Å². The number of amides is 2. The smallest absolute Gasteiger partial charge is 0.314 e. The quantitative estimate of drug-likeness (QED) is 0.476. The lowest BCUT2D eigenvalue weighted by Crippen LogP contribution is -2.29. The van der Waals surface area contributed by atoms with Crippen LogP contribution in [0, 0.1) is 0 Å². The Balaban J connectivity index is 1.94. The zero-order valence-electron chi connectivity index (χ0n) is 11.3. The van der Waals surface area contributed by atoms with Gasteiger partial charge in [0.15, 0.2) is 0 Å². The molecule has 0 aromatic heterocycles. The molecule has 2 rings (SSSR count). The summed E-state index contributed by atoms with van der Waals surface area (Å²) in [7, 11) is 0. The van der Waals surface area contributed by atoms with Gasteiger partial charge < -0.3 is 10.6 Å². The highest BCUT2D eigenvalue weighted by molar-refractivity contribution is 14.2. The van der Waals surface area contributed by atoms with Gasteiger partial charge in [-0.25, -0.2) is 0 Å². The lowest BCUT2D eigenvalue weighted by Gasteiger charge is -2.07. The molecule has 0 atom stereocenters. The van der Waals surface area contributed by atoms with Crippen molar-refractivity contribution in [2.75, 3.05) is 10.6 Å². The van der Waals surface area contributed by atoms with Crippen molar-refractivity contribution in [3.8, 4) is 0 Å². The van der Waals surface area contributed by atoms with E-state index in [1.165, 1.54) is 5.56 Å². The number of rotatable bonds is 4. The molecule has 0 saturated heterocycles. The van der Waals surface area contributed by atoms with Gasteiger partial charge in [-0.3, -0.25) is 9.59 Å². The first kappa shape index (κ1) is 15.4. The van der Waals surface area contributed by atoms with Crippen LogP contribution >= 0.6 is 20.7 Å².